The standard InChI is InChI=1S/C29H45N2O3Si/c1-9-32-35(33-10-2,34-11-3)16-12-13-27-19-25(7)29(26(8)20-27)31-15-14-30(21-31)28-23(5)17-22(4)18-24(28)6/h17-21H,9-16H2,1-8H3/q+1. The van der Waals surface area contributed by atoms with Crippen molar-refractivity contribution >= 4 is 26.5 Å². The summed E-state index contributed by atoms with van der Waals surface area (Å²) in [5.74, 6) is 0. The smallest absolute Gasteiger partial charge is 0.374 e. The minimum absolute atomic E-state index is 0.629. The lowest BCUT2D eigenvalue weighted by Crippen LogP contribution is -2.46. The fraction of sp³-hybridized carbons (Fsp3) is 0.552. The van der Waals surface area contributed by atoms with E-state index < -0.39 is 8.80 Å². The Hall–Kier alpha value is -1.99. The van der Waals surface area contributed by atoms with Crippen LogP contribution in [0.25, 0.3) is 0 Å². The zero-order valence-corrected chi connectivity index (χ0v) is 24.2. The lowest BCUT2D eigenvalue weighted by molar-refractivity contribution is -0.425. The third-order valence-electron chi connectivity index (χ3n) is 6.66. The van der Waals surface area contributed by atoms with Gasteiger partial charge in [0.15, 0.2) is 0 Å². The monoisotopic (exact) mass is 497 g/mol. The molecule has 0 aromatic heterocycles. The molecule has 0 N–H and O–H groups in total. The van der Waals surface area contributed by atoms with E-state index in [4.69, 9.17) is 13.3 Å². The highest BCUT2D eigenvalue weighted by atomic mass is 28.4. The first-order valence-electron chi connectivity index (χ1n) is 13.2. The maximum absolute atomic E-state index is 6.03. The average Bonchev–Trinajstić information content (AvgIpc) is 3.22. The minimum Gasteiger partial charge on any atom is -0.374 e. The lowest BCUT2D eigenvalue weighted by Gasteiger charge is -2.28. The van der Waals surface area contributed by atoms with Crippen LogP contribution in [-0.2, 0) is 19.7 Å². The Balaban J connectivity index is 1.75. The number of benzene rings is 2. The van der Waals surface area contributed by atoms with E-state index in [-0.39, 0.29) is 0 Å². The number of hydrogen-bond donors (Lipinski definition) is 0. The zero-order valence-electron chi connectivity index (χ0n) is 23.2. The molecule has 0 bridgehead atoms. The molecule has 0 spiro atoms. The molecule has 0 saturated heterocycles. The first kappa shape index (κ1) is 27.6. The Bertz CT molecular complexity index is 987. The summed E-state index contributed by atoms with van der Waals surface area (Å²) in [5, 5.41) is 0. The fourth-order valence-corrected chi connectivity index (χ4v) is 8.23. The van der Waals surface area contributed by atoms with Gasteiger partial charge in [-0.1, -0.05) is 29.8 Å². The van der Waals surface area contributed by atoms with Gasteiger partial charge in [0.05, 0.1) is 0 Å². The highest BCUT2D eigenvalue weighted by Gasteiger charge is 2.39. The van der Waals surface area contributed by atoms with Crippen molar-refractivity contribution in [3.63, 3.8) is 0 Å². The normalized spacial score (nSPS) is 14.1. The van der Waals surface area contributed by atoms with E-state index >= 15 is 0 Å². The van der Waals surface area contributed by atoms with Crippen LogP contribution in [0.3, 0.4) is 0 Å². The highest BCUT2D eigenvalue weighted by Crippen LogP contribution is 2.31. The van der Waals surface area contributed by atoms with Crippen molar-refractivity contribution in [1.82, 2.24) is 0 Å². The van der Waals surface area contributed by atoms with Gasteiger partial charge in [-0.05, 0) is 96.0 Å². The van der Waals surface area contributed by atoms with Gasteiger partial charge in [-0.25, -0.2) is 9.48 Å². The Labute approximate surface area is 214 Å². The largest absolute Gasteiger partial charge is 0.500 e. The first-order valence-corrected chi connectivity index (χ1v) is 15.1. The van der Waals surface area contributed by atoms with Crippen molar-refractivity contribution in [3.05, 3.63) is 57.6 Å². The van der Waals surface area contributed by atoms with Crippen LogP contribution in [0.15, 0.2) is 24.3 Å². The fourth-order valence-electron chi connectivity index (χ4n) is 5.62. The number of nitrogens with zero attached hydrogens (tertiary/aromatic N) is 2. The van der Waals surface area contributed by atoms with Crippen LogP contribution in [0, 0.1) is 34.6 Å². The van der Waals surface area contributed by atoms with Gasteiger partial charge in [0.2, 0.25) is 6.34 Å². The third kappa shape index (κ3) is 6.61. The van der Waals surface area contributed by atoms with Gasteiger partial charge >= 0.3 is 8.80 Å². The molecule has 1 aliphatic rings. The van der Waals surface area contributed by atoms with E-state index in [1.54, 1.807) is 0 Å². The molecule has 0 unspecified atom stereocenters. The maximum atomic E-state index is 6.03. The summed E-state index contributed by atoms with van der Waals surface area (Å²) in [7, 11) is -2.58. The maximum Gasteiger partial charge on any atom is 0.500 e. The molecule has 6 heteroatoms. The number of hydrogen-bond acceptors (Lipinski definition) is 4. The molecule has 2 aromatic carbocycles. The van der Waals surface area contributed by atoms with Gasteiger partial charge in [-0.2, -0.15) is 0 Å². The molecule has 0 fully saturated rings. The summed E-state index contributed by atoms with van der Waals surface area (Å²) < 4.78 is 20.5. The van der Waals surface area contributed by atoms with Crippen LogP contribution in [0.5, 0.6) is 0 Å². The average molecular weight is 498 g/mol. The predicted octanol–water partition coefficient (Wildman–Crippen LogP) is 6.40. The Kier molecular flexibility index (Phi) is 9.70. The topological polar surface area (TPSA) is 33.9 Å². The molecule has 35 heavy (non-hydrogen) atoms. The Morgan fingerprint density at radius 1 is 0.800 bits per heavy atom. The van der Waals surface area contributed by atoms with E-state index in [9.17, 15) is 0 Å². The van der Waals surface area contributed by atoms with E-state index in [1.165, 1.54) is 44.8 Å². The molecule has 0 atom stereocenters. The minimum atomic E-state index is -2.58. The quantitative estimate of drug-likeness (QED) is 0.251. The molecule has 1 heterocycles. The summed E-state index contributed by atoms with van der Waals surface area (Å²) in [6.45, 7) is 21.0. The summed E-state index contributed by atoms with van der Waals surface area (Å²) >= 11 is 0. The Morgan fingerprint density at radius 3 is 1.86 bits per heavy atom. The summed E-state index contributed by atoms with van der Waals surface area (Å²) in [4.78, 5) is 2.42. The lowest BCUT2D eigenvalue weighted by atomic mass is 10.0. The summed E-state index contributed by atoms with van der Waals surface area (Å²) in [5.41, 5.74) is 10.7. The van der Waals surface area contributed by atoms with Crippen molar-refractivity contribution in [2.45, 2.75) is 74.3 Å². The number of anilines is 1. The molecule has 2 aromatic rings. The molecular weight excluding hydrogens is 452 g/mol. The van der Waals surface area contributed by atoms with Crippen LogP contribution in [0.2, 0.25) is 6.04 Å². The molecule has 5 nitrogen and oxygen atoms in total. The second-order valence-corrected chi connectivity index (χ2v) is 12.4. The second kappa shape index (κ2) is 12.3. The number of rotatable bonds is 12. The second-order valence-electron chi connectivity index (χ2n) is 9.66. The molecule has 0 saturated carbocycles. The molecule has 1 aliphatic heterocycles. The van der Waals surface area contributed by atoms with E-state index in [0.29, 0.717) is 19.8 Å². The van der Waals surface area contributed by atoms with Crippen molar-refractivity contribution in [3.8, 4) is 0 Å². The van der Waals surface area contributed by atoms with Gasteiger partial charge in [0, 0.05) is 25.9 Å². The summed E-state index contributed by atoms with van der Waals surface area (Å²) in [6.07, 6.45) is 4.30. The van der Waals surface area contributed by atoms with Gasteiger partial charge in [0.25, 0.3) is 0 Å². The van der Waals surface area contributed by atoms with Crippen molar-refractivity contribution < 1.29 is 17.9 Å². The first-order chi connectivity index (χ1) is 16.7. The van der Waals surface area contributed by atoms with Gasteiger partial charge in [-0.3, -0.25) is 0 Å². The SMILES string of the molecule is CCO[Si](CCCc1cc(C)c(N2C=[N+](c3c(C)cc(C)cc3C)CC2)c(C)c1)(OCC)OCC. The zero-order chi connectivity index (χ0) is 25.6. The molecular formula is C29H45N2O3Si+. The van der Waals surface area contributed by atoms with E-state index in [1.807, 2.05) is 20.8 Å². The van der Waals surface area contributed by atoms with E-state index in [0.717, 1.165) is 32.0 Å². The molecule has 3 rings (SSSR count). The number of aryl methyl sites for hydroxylation is 6. The third-order valence-corrected chi connectivity index (χ3v) is 9.81. The predicted molar refractivity (Wildman–Crippen MR) is 149 cm³/mol. The van der Waals surface area contributed by atoms with Crippen LogP contribution >= 0.6 is 0 Å². The van der Waals surface area contributed by atoms with Gasteiger partial charge < -0.3 is 13.3 Å². The molecule has 0 aliphatic carbocycles. The van der Waals surface area contributed by atoms with Crippen molar-refractivity contribution in [2.75, 3.05) is 37.8 Å². The highest BCUT2D eigenvalue weighted by molar-refractivity contribution is 6.60. The van der Waals surface area contributed by atoms with Crippen molar-refractivity contribution in [1.29, 1.82) is 0 Å². The molecule has 192 valence electrons. The van der Waals surface area contributed by atoms with Crippen LogP contribution < -0.4 is 4.90 Å². The summed E-state index contributed by atoms with van der Waals surface area (Å²) in [6, 6.07) is 10.1. The van der Waals surface area contributed by atoms with Gasteiger partial charge in [0.1, 0.15) is 24.5 Å². The van der Waals surface area contributed by atoms with Crippen LogP contribution in [0.4, 0.5) is 11.4 Å². The van der Waals surface area contributed by atoms with E-state index in [2.05, 4.69) is 74.7 Å². The molecule has 0 radical (unpaired) electrons. The Morgan fingerprint density at radius 2 is 1.34 bits per heavy atom. The van der Waals surface area contributed by atoms with Crippen LogP contribution in [0.1, 0.15) is 60.6 Å². The molecule has 0 amide bonds. The van der Waals surface area contributed by atoms with Gasteiger partial charge in [-0.15, -0.1) is 0 Å². The van der Waals surface area contributed by atoms with Crippen LogP contribution in [-0.4, -0.2) is 52.6 Å². The van der Waals surface area contributed by atoms with Crippen molar-refractivity contribution in [2.24, 2.45) is 0 Å².